The molecule has 1 aliphatic carbocycles. The Balaban J connectivity index is 1.05. The molecule has 4 aromatic rings. The van der Waals surface area contributed by atoms with Crippen LogP contribution in [-0.2, 0) is 39.1 Å². The van der Waals surface area contributed by atoms with Crippen LogP contribution in [0.15, 0.2) is 54.6 Å². The number of halogens is 2. The van der Waals surface area contributed by atoms with Gasteiger partial charge < -0.3 is 24.8 Å². The fourth-order valence-electron chi connectivity index (χ4n) is 7.77. The van der Waals surface area contributed by atoms with Gasteiger partial charge >= 0.3 is 0 Å². The maximum atomic E-state index is 12.4. The van der Waals surface area contributed by atoms with Crippen LogP contribution in [0.4, 0.5) is 0 Å². The molecule has 3 aliphatic rings. The highest BCUT2D eigenvalue weighted by Gasteiger charge is 2.32. The molecule has 0 unspecified atom stereocenters. The number of sulfonamides is 1. The molecule has 3 atom stereocenters. The number of ether oxygens (including phenoxy) is 3. The second kappa shape index (κ2) is 16.9. The summed E-state index contributed by atoms with van der Waals surface area (Å²) in [6, 6.07) is 17.9. The maximum absolute atomic E-state index is 12.4. The van der Waals surface area contributed by atoms with Gasteiger partial charge in [-0.3, -0.25) is 19.2 Å². The normalized spacial score (nSPS) is 19.4. The van der Waals surface area contributed by atoms with E-state index in [0.29, 0.717) is 79.5 Å². The van der Waals surface area contributed by atoms with E-state index >= 15 is 0 Å². The van der Waals surface area contributed by atoms with Crippen molar-refractivity contribution in [2.24, 2.45) is 5.92 Å². The minimum absolute atomic E-state index is 0.0923. The van der Waals surface area contributed by atoms with Gasteiger partial charge in [0.05, 0.1) is 37.1 Å². The van der Waals surface area contributed by atoms with E-state index in [2.05, 4.69) is 32.5 Å². The van der Waals surface area contributed by atoms with Crippen LogP contribution >= 0.6 is 23.2 Å². The smallest absolute Gasteiger partial charge is 0.237 e. The molecule has 2 aromatic heterocycles. The Morgan fingerprint density at radius 1 is 0.929 bits per heavy atom. The zero-order valence-electron chi connectivity index (χ0n) is 31.4. The molecule has 2 saturated heterocycles. The molecule has 7 rings (SSSR count). The van der Waals surface area contributed by atoms with E-state index in [0.717, 1.165) is 58.0 Å². The van der Waals surface area contributed by atoms with Gasteiger partial charge in [-0.2, -0.15) is 4.98 Å². The number of amides is 2. The number of hydrogen-bond donors (Lipinski definition) is 3. The molecule has 0 bridgehead atoms. The van der Waals surface area contributed by atoms with Crippen molar-refractivity contribution in [2.45, 2.75) is 57.3 Å². The minimum Gasteiger partial charge on any atom is -0.481 e. The van der Waals surface area contributed by atoms with Crippen LogP contribution in [0.25, 0.3) is 22.4 Å². The van der Waals surface area contributed by atoms with Gasteiger partial charge in [0, 0.05) is 60.9 Å². The number of rotatable bonds is 14. The van der Waals surface area contributed by atoms with Crippen LogP contribution in [0.1, 0.15) is 54.0 Å². The third-order valence-electron chi connectivity index (χ3n) is 10.5. The number of carbonyl (C=O) groups is 2. The molecule has 0 spiro atoms. The summed E-state index contributed by atoms with van der Waals surface area (Å²) in [5.41, 5.74) is 7.14. The van der Waals surface area contributed by atoms with Crippen molar-refractivity contribution < 1.29 is 32.2 Å². The molecule has 2 amide bonds. The Morgan fingerprint density at radius 3 is 2.43 bits per heavy atom. The second-order valence-electron chi connectivity index (χ2n) is 14.4. The Hall–Kier alpha value is -4.47. The minimum atomic E-state index is -3.63. The van der Waals surface area contributed by atoms with Gasteiger partial charge in [-0.25, -0.2) is 13.4 Å². The molecule has 2 aliphatic heterocycles. The first-order valence-electron chi connectivity index (χ1n) is 18.5. The Morgan fingerprint density at radius 2 is 1.68 bits per heavy atom. The summed E-state index contributed by atoms with van der Waals surface area (Å²) < 4.78 is 43.0. The number of benzene rings is 2. The van der Waals surface area contributed by atoms with E-state index in [4.69, 9.17) is 42.4 Å². The summed E-state index contributed by atoms with van der Waals surface area (Å²) >= 11 is 14.0. The van der Waals surface area contributed by atoms with Crippen LogP contribution in [0.2, 0.25) is 10.0 Å². The van der Waals surface area contributed by atoms with Gasteiger partial charge in [0.1, 0.15) is 11.1 Å². The first-order valence-corrected chi connectivity index (χ1v) is 21.1. The number of fused-ring (bicyclic) bond motifs is 1. The number of aromatic nitrogens is 2. The number of carbonyl (C=O) groups excluding carboxylic acids is 2. The number of methoxy groups -OCH3 is 2. The van der Waals surface area contributed by atoms with Crippen molar-refractivity contribution in [3.63, 3.8) is 0 Å². The predicted octanol–water partition coefficient (Wildman–Crippen LogP) is 5.47. The molecular formula is C40H44Cl2N6O7S. The number of nitrogens with one attached hydrogen (secondary N) is 3. The van der Waals surface area contributed by atoms with Crippen molar-refractivity contribution >= 4 is 45.0 Å². The van der Waals surface area contributed by atoms with Crippen LogP contribution in [-0.4, -0.2) is 81.3 Å². The summed E-state index contributed by atoms with van der Waals surface area (Å²) in [6.45, 7) is 2.63. The van der Waals surface area contributed by atoms with Crippen molar-refractivity contribution in [1.29, 1.82) is 0 Å². The van der Waals surface area contributed by atoms with Crippen LogP contribution in [0.5, 0.6) is 17.6 Å². The van der Waals surface area contributed by atoms with Gasteiger partial charge in [0.2, 0.25) is 39.5 Å². The van der Waals surface area contributed by atoms with Crippen LogP contribution in [0, 0.1) is 5.92 Å². The van der Waals surface area contributed by atoms with E-state index in [9.17, 15) is 18.0 Å². The summed E-state index contributed by atoms with van der Waals surface area (Å²) in [5, 5.41) is 7.28. The van der Waals surface area contributed by atoms with E-state index in [-0.39, 0.29) is 23.9 Å². The molecule has 2 fully saturated rings. The van der Waals surface area contributed by atoms with E-state index < -0.39 is 21.8 Å². The third-order valence-corrected chi connectivity index (χ3v) is 11.7. The lowest BCUT2D eigenvalue weighted by atomic mass is 9.94. The number of pyridine rings is 2. The van der Waals surface area contributed by atoms with E-state index in [1.807, 2.05) is 41.3 Å². The SMILES string of the molecule is COc1nc(-c2cccc(-c3cccc4c3CC[C@@H]4Oc3nc(OC)c(CN4CC[C@H](C(=O)NS(C)(=O)=O)C4)cc3Cl)c2Cl)ccc1CNC[C@@H]1CCC(=O)N1. The number of likely N-dealkylation sites (tertiary alicyclic amines) is 1. The number of hydrogen-bond acceptors (Lipinski definition) is 11. The Kier molecular flexibility index (Phi) is 12.0. The molecule has 296 valence electrons. The molecule has 2 aromatic carbocycles. The highest BCUT2D eigenvalue weighted by atomic mass is 35.5. The molecule has 56 heavy (non-hydrogen) atoms. The Labute approximate surface area is 336 Å². The quantitative estimate of drug-likeness (QED) is 0.148. The predicted molar refractivity (Wildman–Crippen MR) is 213 cm³/mol. The van der Waals surface area contributed by atoms with Crippen LogP contribution in [0.3, 0.4) is 0 Å². The van der Waals surface area contributed by atoms with Crippen molar-refractivity contribution in [3.05, 3.63) is 86.9 Å². The van der Waals surface area contributed by atoms with Gasteiger partial charge in [0.15, 0.2) is 0 Å². The summed E-state index contributed by atoms with van der Waals surface area (Å²) in [7, 11) is -0.497. The standard InChI is InChI=1S/C40H44Cl2N6O7S/c1-53-38-23(19-43-20-26-11-15-35(49)44-26)10-13-33(45-38)31-9-5-8-30(36(31)42)27-6-4-7-29-28(27)12-14-34(29)55-40-32(41)18-25(39(46-40)54-2)22-48-17-16-24(21-48)37(50)47-56(3,51)52/h4-10,13,18,24,26,34,43H,11-12,14-17,19-22H2,1-3H3,(H,44,49)(H,47,50)/t24-,26-,34-/m0/s1. The molecule has 3 N–H and O–H groups in total. The maximum Gasteiger partial charge on any atom is 0.237 e. The summed E-state index contributed by atoms with van der Waals surface area (Å²) in [6.07, 6.45) is 4.05. The molecule has 0 radical (unpaired) electrons. The zero-order chi connectivity index (χ0) is 39.6. The third kappa shape index (κ3) is 8.89. The average Bonchev–Trinajstić information content (AvgIpc) is 3.92. The van der Waals surface area contributed by atoms with Crippen molar-refractivity contribution in [2.75, 3.05) is 40.1 Å². The first-order chi connectivity index (χ1) is 26.9. The van der Waals surface area contributed by atoms with Crippen molar-refractivity contribution in [3.8, 4) is 40.0 Å². The first kappa shape index (κ1) is 39.8. The van der Waals surface area contributed by atoms with E-state index in [1.54, 1.807) is 13.2 Å². The molecule has 16 heteroatoms. The molecule has 13 nitrogen and oxygen atoms in total. The fraction of sp³-hybridized carbons (Fsp3) is 0.400. The number of nitrogens with zero attached hydrogens (tertiary/aromatic N) is 3. The van der Waals surface area contributed by atoms with Crippen LogP contribution < -0.4 is 29.6 Å². The topological polar surface area (TPSA) is 161 Å². The fourth-order valence-corrected chi connectivity index (χ4v) is 8.84. The highest BCUT2D eigenvalue weighted by molar-refractivity contribution is 7.89. The summed E-state index contributed by atoms with van der Waals surface area (Å²) in [5.74, 6) is 0.271. The van der Waals surface area contributed by atoms with Gasteiger partial charge in [-0.05, 0) is 61.1 Å². The molecule has 4 heterocycles. The van der Waals surface area contributed by atoms with Gasteiger partial charge in [-0.15, -0.1) is 0 Å². The molecule has 0 saturated carbocycles. The van der Waals surface area contributed by atoms with Gasteiger partial charge in [-0.1, -0.05) is 65.7 Å². The largest absolute Gasteiger partial charge is 0.481 e. The lowest BCUT2D eigenvalue weighted by molar-refractivity contribution is -0.123. The van der Waals surface area contributed by atoms with Gasteiger partial charge in [0.25, 0.3) is 0 Å². The van der Waals surface area contributed by atoms with Crippen molar-refractivity contribution in [1.82, 2.24) is 30.2 Å². The highest BCUT2D eigenvalue weighted by Crippen LogP contribution is 2.45. The second-order valence-corrected chi connectivity index (χ2v) is 16.9. The average molecular weight is 824 g/mol. The lowest BCUT2D eigenvalue weighted by Crippen LogP contribution is -2.36. The van der Waals surface area contributed by atoms with E-state index in [1.165, 1.54) is 7.11 Å². The Bertz CT molecular complexity index is 2260. The zero-order valence-corrected chi connectivity index (χ0v) is 33.7. The lowest BCUT2D eigenvalue weighted by Gasteiger charge is -2.20. The molecular weight excluding hydrogens is 779 g/mol. The summed E-state index contributed by atoms with van der Waals surface area (Å²) in [4.78, 5) is 35.5. The monoisotopic (exact) mass is 822 g/mol.